The molecule has 1 aliphatic carbocycles. The highest BCUT2D eigenvalue weighted by Crippen LogP contribution is 2.21. The number of para-hydroxylation sites is 1. The number of aromatic nitrogens is 1. The molecule has 1 saturated carbocycles. The van der Waals surface area contributed by atoms with Gasteiger partial charge in [-0.1, -0.05) is 37.5 Å². The molecule has 1 saturated heterocycles. The Morgan fingerprint density at radius 3 is 2.26 bits per heavy atom. The van der Waals surface area contributed by atoms with Crippen molar-refractivity contribution in [1.82, 2.24) is 10.3 Å². The van der Waals surface area contributed by atoms with Crippen molar-refractivity contribution in [3.63, 3.8) is 0 Å². The van der Waals surface area contributed by atoms with Crippen LogP contribution in [0.3, 0.4) is 0 Å². The van der Waals surface area contributed by atoms with Crippen LogP contribution in [0.2, 0.25) is 0 Å². The highest BCUT2D eigenvalue weighted by atomic mass is 16.1. The van der Waals surface area contributed by atoms with Crippen LogP contribution in [0.4, 0.5) is 11.4 Å². The number of carbonyl (C=O) groups is 1. The van der Waals surface area contributed by atoms with Crippen molar-refractivity contribution in [2.45, 2.75) is 38.1 Å². The largest absolute Gasteiger partial charge is 0.368 e. The van der Waals surface area contributed by atoms with E-state index in [1.54, 1.807) is 6.20 Å². The zero-order valence-electron chi connectivity index (χ0n) is 15.8. The van der Waals surface area contributed by atoms with Crippen LogP contribution in [0.15, 0.2) is 48.8 Å². The number of pyridine rings is 1. The van der Waals surface area contributed by atoms with E-state index in [4.69, 9.17) is 0 Å². The summed E-state index contributed by atoms with van der Waals surface area (Å²) in [6.45, 7) is 3.82. The summed E-state index contributed by atoms with van der Waals surface area (Å²) in [5.74, 6) is 0.0131. The van der Waals surface area contributed by atoms with Gasteiger partial charge in [-0.05, 0) is 31.0 Å². The van der Waals surface area contributed by atoms with E-state index in [9.17, 15) is 4.79 Å². The van der Waals surface area contributed by atoms with Crippen molar-refractivity contribution < 1.29 is 4.79 Å². The number of hydrogen-bond acceptors (Lipinski definition) is 4. The molecular formula is C22H28N4O. The maximum atomic E-state index is 12.6. The number of carbonyl (C=O) groups excluding carboxylic acids is 1. The van der Waals surface area contributed by atoms with E-state index in [1.807, 2.05) is 12.3 Å². The van der Waals surface area contributed by atoms with Crippen molar-refractivity contribution in [2.75, 3.05) is 36.0 Å². The summed E-state index contributed by atoms with van der Waals surface area (Å²) in [5.41, 5.74) is 2.98. The highest BCUT2D eigenvalue weighted by molar-refractivity contribution is 5.95. The third-order valence-electron chi connectivity index (χ3n) is 5.69. The average molecular weight is 364 g/mol. The molecule has 5 nitrogen and oxygen atoms in total. The van der Waals surface area contributed by atoms with Crippen LogP contribution in [0, 0.1) is 0 Å². The smallest absolute Gasteiger partial charge is 0.253 e. The Morgan fingerprint density at radius 2 is 1.56 bits per heavy atom. The second kappa shape index (κ2) is 8.42. The maximum absolute atomic E-state index is 12.6. The Bertz CT molecular complexity index is 750. The molecule has 1 aliphatic heterocycles. The monoisotopic (exact) mass is 364 g/mol. The van der Waals surface area contributed by atoms with E-state index < -0.39 is 0 Å². The minimum atomic E-state index is 0.0131. The lowest BCUT2D eigenvalue weighted by Crippen LogP contribution is -2.46. The second-order valence-electron chi connectivity index (χ2n) is 7.55. The second-order valence-corrected chi connectivity index (χ2v) is 7.55. The molecule has 1 N–H and O–H groups in total. The van der Waals surface area contributed by atoms with Crippen LogP contribution >= 0.6 is 0 Å². The lowest BCUT2D eigenvalue weighted by Gasteiger charge is -2.37. The first-order chi connectivity index (χ1) is 13.3. The van der Waals surface area contributed by atoms with Crippen LogP contribution in [-0.4, -0.2) is 43.1 Å². The van der Waals surface area contributed by atoms with Gasteiger partial charge in [-0.2, -0.15) is 0 Å². The molecule has 0 spiro atoms. The molecule has 1 amide bonds. The standard InChI is InChI=1S/C22H28N4O/c27-22(24-19-7-3-1-4-8-19)18-15-21(17-23-16-18)26-13-11-25(12-14-26)20-9-5-2-6-10-20/h2,5-6,9-10,15-17,19H,1,3-4,7-8,11-14H2,(H,24,27). The molecule has 0 radical (unpaired) electrons. The van der Waals surface area contributed by atoms with Gasteiger partial charge in [-0.3, -0.25) is 9.78 Å². The lowest BCUT2D eigenvalue weighted by atomic mass is 9.95. The van der Waals surface area contributed by atoms with Gasteiger partial charge in [0.15, 0.2) is 0 Å². The van der Waals surface area contributed by atoms with Gasteiger partial charge < -0.3 is 15.1 Å². The molecule has 142 valence electrons. The van der Waals surface area contributed by atoms with Crippen molar-refractivity contribution >= 4 is 17.3 Å². The Balaban J connectivity index is 1.37. The first kappa shape index (κ1) is 17.8. The van der Waals surface area contributed by atoms with Gasteiger partial charge in [0.1, 0.15) is 0 Å². The van der Waals surface area contributed by atoms with Crippen LogP contribution < -0.4 is 15.1 Å². The number of benzene rings is 1. The summed E-state index contributed by atoms with van der Waals surface area (Å²) < 4.78 is 0. The fraction of sp³-hybridized carbons (Fsp3) is 0.455. The first-order valence-corrected chi connectivity index (χ1v) is 10.1. The summed E-state index contributed by atoms with van der Waals surface area (Å²) in [6, 6.07) is 12.9. The molecule has 27 heavy (non-hydrogen) atoms. The third-order valence-corrected chi connectivity index (χ3v) is 5.69. The van der Waals surface area contributed by atoms with Crippen molar-refractivity contribution in [3.05, 3.63) is 54.4 Å². The third kappa shape index (κ3) is 4.41. The van der Waals surface area contributed by atoms with Gasteiger partial charge in [0.25, 0.3) is 5.91 Å². The zero-order valence-corrected chi connectivity index (χ0v) is 15.8. The highest BCUT2D eigenvalue weighted by Gasteiger charge is 2.20. The maximum Gasteiger partial charge on any atom is 0.253 e. The molecule has 5 heteroatoms. The summed E-state index contributed by atoms with van der Waals surface area (Å²) in [5, 5.41) is 3.19. The number of piperazine rings is 1. The van der Waals surface area contributed by atoms with Gasteiger partial charge in [0, 0.05) is 44.1 Å². The number of amides is 1. The number of anilines is 2. The zero-order chi connectivity index (χ0) is 18.5. The Labute approximate surface area is 161 Å². The minimum absolute atomic E-state index is 0.0131. The van der Waals surface area contributed by atoms with Crippen molar-refractivity contribution in [3.8, 4) is 0 Å². The van der Waals surface area contributed by atoms with Crippen molar-refractivity contribution in [1.29, 1.82) is 0 Å². The summed E-state index contributed by atoms with van der Waals surface area (Å²) in [6.07, 6.45) is 9.47. The first-order valence-electron chi connectivity index (χ1n) is 10.1. The SMILES string of the molecule is O=C(NC1CCCCC1)c1cncc(N2CCN(c3ccccc3)CC2)c1. The van der Waals surface area contributed by atoms with Gasteiger partial charge >= 0.3 is 0 Å². The quantitative estimate of drug-likeness (QED) is 0.902. The number of nitrogens with one attached hydrogen (secondary N) is 1. The molecule has 2 aromatic rings. The summed E-state index contributed by atoms with van der Waals surface area (Å²) >= 11 is 0. The van der Waals surface area contributed by atoms with E-state index in [1.165, 1.54) is 24.9 Å². The molecule has 0 unspecified atom stereocenters. The fourth-order valence-electron chi connectivity index (χ4n) is 4.10. The normalized spacial score (nSPS) is 18.4. The van der Waals surface area contributed by atoms with Crippen LogP contribution in [0.1, 0.15) is 42.5 Å². The lowest BCUT2D eigenvalue weighted by molar-refractivity contribution is 0.0927. The van der Waals surface area contributed by atoms with Crippen LogP contribution in [-0.2, 0) is 0 Å². The predicted octanol–water partition coefficient (Wildman–Crippen LogP) is 3.47. The van der Waals surface area contributed by atoms with Gasteiger partial charge in [0.2, 0.25) is 0 Å². The average Bonchev–Trinajstić information content (AvgIpc) is 2.75. The van der Waals surface area contributed by atoms with Gasteiger partial charge in [-0.15, -0.1) is 0 Å². The van der Waals surface area contributed by atoms with E-state index in [2.05, 4.69) is 50.4 Å². The summed E-state index contributed by atoms with van der Waals surface area (Å²) in [7, 11) is 0. The van der Waals surface area contributed by atoms with E-state index >= 15 is 0 Å². The summed E-state index contributed by atoms with van der Waals surface area (Å²) in [4.78, 5) is 21.7. The molecule has 2 heterocycles. The predicted molar refractivity (Wildman–Crippen MR) is 109 cm³/mol. The molecule has 1 aromatic heterocycles. The van der Waals surface area contributed by atoms with Gasteiger partial charge in [0.05, 0.1) is 17.4 Å². The molecular weight excluding hydrogens is 336 g/mol. The molecule has 1 aromatic carbocycles. The Morgan fingerprint density at radius 1 is 0.889 bits per heavy atom. The molecule has 0 bridgehead atoms. The molecule has 4 rings (SSSR count). The Kier molecular flexibility index (Phi) is 5.56. The number of rotatable bonds is 4. The van der Waals surface area contributed by atoms with Crippen LogP contribution in [0.5, 0.6) is 0 Å². The molecule has 2 aliphatic rings. The Hall–Kier alpha value is -2.56. The minimum Gasteiger partial charge on any atom is -0.368 e. The fourth-order valence-corrected chi connectivity index (χ4v) is 4.10. The van der Waals surface area contributed by atoms with E-state index in [0.717, 1.165) is 44.7 Å². The topological polar surface area (TPSA) is 48.5 Å². The van der Waals surface area contributed by atoms with Gasteiger partial charge in [-0.25, -0.2) is 0 Å². The van der Waals surface area contributed by atoms with Crippen molar-refractivity contribution in [2.24, 2.45) is 0 Å². The number of hydrogen-bond donors (Lipinski definition) is 1. The molecule has 0 atom stereocenters. The molecule has 2 fully saturated rings. The van der Waals surface area contributed by atoms with E-state index in [-0.39, 0.29) is 5.91 Å². The number of nitrogens with zero attached hydrogens (tertiary/aromatic N) is 3. The van der Waals surface area contributed by atoms with E-state index in [0.29, 0.717) is 11.6 Å². The van der Waals surface area contributed by atoms with Crippen LogP contribution in [0.25, 0.3) is 0 Å².